The average Bonchev–Trinajstić information content (AvgIpc) is 2.64. The molecule has 12 heteroatoms. The Balaban J connectivity index is 2.84. The first-order chi connectivity index (χ1) is 13.6. The van der Waals surface area contributed by atoms with Crippen LogP contribution in [-0.2, 0) is 23.6 Å². The summed E-state index contributed by atoms with van der Waals surface area (Å²) in [5.41, 5.74) is 0.191. The maximum atomic E-state index is 12.3. The summed E-state index contributed by atoms with van der Waals surface area (Å²) in [6.45, 7) is 1.40. The van der Waals surface area contributed by atoms with Gasteiger partial charge >= 0.3 is 24.1 Å². The Morgan fingerprint density at radius 1 is 1.07 bits per heavy atom. The van der Waals surface area contributed by atoms with Crippen LogP contribution in [0.2, 0.25) is 0 Å². The van der Waals surface area contributed by atoms with Gasteiger partial charge in [-0.15, -0.1) is 0 Å². The molecule has 0 saturated heterocycles. The number of imide groups is 1. The fourth-order valence-electron chi connectivity index (χ4n) is 2.11. The molecule has 1 rings (SSSR count). The molecule has 160 valence electrons. The second kappa shape index (κ2) is 11.2. The Bertz CT molecular complexity index is 776. The van der Waals surface area contributed by atoms with Crippen molar-refractivity contribution in [2.75, 3.05) is 26.2 Å². The van der Waals surface area contributed by atoms with Gasteiger partial charge in [-0.1, -0.05) is 18.2 Å². The Morgan fingerprint density at radius 2 is 1.66 bits per heavy atom. The van der Waals surface area contributed by atoms with Crippen LogP contribution < -0.4 is 0 Å². The molecule has 0 heterocycles. The second-order valence-electron chi connectivity index (χ2n) is 5.81. The highest BCUT2D eigenvalue weighted by molar-refractivity contribution is 7.57. The van der Waals surface area contributed by atoms with Gasteiger partial charge in [0.1, 0.15) is 6.04 Å². The third-order valence-corrected chi connectivity index (χ3v) is 4.55. The van der Waals surface area contributed by atoms with Gasteiger partial charge < -0.3 is 24.2 Å². The summed E-state index contributed by atoms with van der Waals surface area (Å²) in [6, 6.07) is 5.99. The van der Waals surface area contributed by atoms with Crippen molar-refractivity contribution in [3.05, 3.63) is 35.9 Å². The number of nitrogens with zero attached hydrogens (tertiary/aromatic N) is 1. The highest BCUT2D eigenvalue weighted by atomic mass is 31.2. The number of hydrogen-bond acceptors (Lipinski definition) is 8. The largest absolute Gasteiger partial charge is 0.480 e. The highest BCUT2D eigenvalue weighted by Gasteiger charge is 2.38. The molecule has 0 radical (unpaired) electrons. The van der Waals surface area contributed by atoms with Crippen molar-refractivity contribution < 1.29 is 48.0 Å². The molecule has 0 aliphatic carbocycles. The van der Waals surface area contributed by atoms with Gasteiger partial charge in [-0.3, -0.25) is 4.57 Å². The van der Waals surface area contributed by atoms with Gasteiger partial charge in [0.15, 0.2) is 7.37 Å². The summed E-state index contributed by atoms with van der Waals surface area (Å²) in [4.78, 5) is 57.2. The Hall–Kier alpha value is -2.91. The SMILES string of the molecule is CCOC(=O)N(C(=O)OCOC(=O)c1ccccc1)C(CCP(C)(=O)O)C(=O)O. The topological polar surface area (TPSA) is 157 Å². The lowest BCUT2D eigenvalue weighted by atomic mass is 10.2. The lowest BCUT2D eigenvalue weighted by molar-refractivity contribution is -0.142. The maximum Gasteiger partial charge on any atom is 0.423 e. The van der Waals surface area contributed by atoms with Crippen LogP contribution in [0, 0.1) is 0 Å². The Labute approximate surface area is 166 Å². The summed E-state index contributed by atoms with van der Waals surface area (Å²) in [5.74, 6) is -2.41. The van der Waals surface area contributed by atoms with E-state index < -0.39 is 56.9 Å². The zero-order valence-corrected chi connectivity index (χ0v) is 16.7. The van der Waals surface area contributed by atoms with Crippen molar-refractivity contribution in [1.82, 2.24) is 4.90 Å². The second-order valence-corrected chi connectivity index (χ2v) is 8.36. The van der Waals surface area contributed by atoms with E-state index in [9.17, 15) is 33.7 Å². The number of aliphatic carboxylic acids is 1. The van der Waals surface area contributed by atoms with Gasteiger partial charge in [-0.05, 0) is 25.5 Å². The standard InChI is InChI=1S/C17H22NO10P/c1-3-26-16(22)18(13(14(19)20)9-10-29(2,24)25)17(23)28-11-27-15(21)12-7-5-4-6-8-12/h4-8,13H,3,9-11H2,1-2H3,(H,19,20)(H,24,25). The van der Waals surface area contributed by atoms with Crippen molar-refractivity contribution in [3.63, 3.8) is 0 Å². The van der Waals surface area contributed by atoms with E-state index >= 15 is 0 Å². The molecular weight excluding hydrogens is 409 g/mol. The van der Waals surface area contributed by atoms with Crippen LogP contribution in [0.1, 0.15) is 23.7 Å². The Kier molecular flexibility index (Phi) is 9.30. The number of benzene rings is 1. The molecule has 0 saturated carbocycles. The van der Waals surface area contributed by atoms with Gasteiger partial charge in [0.05, 0.1) is 12.2 Å². The van der Waals surface area contributed by atoms with Crippen LogP contribution in [0.3, 0.4) is 0 Å². The van der Waals surface area contributed by atoms with Crippen molar-refractivity contribution >= 4 is 31.5 Å². The molecule has 29 heavy (non-hydrogen) atoms. The quantitative estimate of drug-likeness (QED) is 0.337. The molecule has 0 spiro atoms. The fraction of sp³-hybridized carbons (Fsp3) is 0.412. The van der Waals surface area contributed by atoms with Crippen LogP contribution in [0.4, 0.5) is 9.59 Å². The zero-order valence-electron chi connectivity index (χ0n) is 15.8. The average molecular weight is 431 g/mol. The number of carboxylic acid groups (broad SMARTS) is 1. The monoisotopic (exact) mass is 431 g/mol. The Morgan fingerprint density at radius 3 is 2.17 bits per heavy atom. The fourth-order valence-corrected chi connectivity index (χ4v) is 2.83. The number of rotatable bonds is 9. The number of esters is 1. The predicted octanol–water partition coefficient (Wildman–Crippen LogP) is 2.14. The van der Waals surface area contributed by atoms with E-state index in [0.29, 0.717) is 0 Å². The van der Waals surface area contributed by atoms with Gasteiger partial charge in [0.25, 0.3) is 0 Å². The van der Waals surface area contributed by atoms with E-state index in [1.165, 1.54) is 19.1 Å². The molecular formula is C17H22NO10P. The lowest BCUT2D eigenvalue weighted by Crippen LogP contribution is -2.49. The minimum absolute atomic E-state index is 0.162. The summed E-state index contributed by atoms with van der Waals surface area (Å²) < 4.78 is 25.6. The number of amides is 2. The van der Waals surface area contributed by atoms with Gasteiger partial charge in [0, 0.05) is 12.8 Å². The number of hydrogen-bond donors (Lipinski definition) is 2. The molecule has 0 fully saturated rings. The van der Waals surface area contributed by atoms with Crippen LogP contribution in [0.5, 0.6) is 0 Å². The van der Waals surface area contributed by atoms with Gasteiger partial charge in [-0.2, -0.15) is 4.90 Å². The molecule has 0 aliphatic rings. The van der Waals surface area contributed by atoms with E-state index in [1.54, 1.807) is 18.2 Å². The molecule has 11 nitrogen and oxygen atoms in total. The van der Waals surface area contributed by atoms with E-state index in [4.69, 9.17) is 4.74 Å². The van der Waals surface area contributed by atoms with Crippen molar-refractivity contribution in [2.45, 2.75) is 19.4 Å². The first kappa shape index (κ1) is 24.1. The molecule has 2 amide bonds. The number of carbonyl (C=O) groups excluding carboxylic acids is 3. The minimum atomic E-state index is -3.61. The predicted molar refractivity (Wildman–Crippen MR) is 98.7 cm³/mol. The van der Waals surface area contributed by atoms with Crippen molar-refractivity contribution in [2.24, 2.45) is 0 Å². The third-order valence-electron chi connectivity index (χ3n) is 3.46. The van der Waals surface area contributed by atoms with Crippen LogP contribution in [0.25, 0.3) is 0 Å². The van der Waals surface area contributed by atoms with Crippen LogP contribution in [0.15, 0.2) is 30.3 Å². The summed E-state index contributed by atoms with van der Waals surface area (Å²) in [6.07, 6.45) is -3.73. The summed E-state index contributed by atoms with van der Waals surface area (Å²) in [7, 11) is -3.61. The van der Waals surface area contributed by atoms with Crippen LogP contribution in [-0.4, -0.2) is 71.3 Å². The minimum Gasteiger partial charge on any atom is -0.480 e. The van der Waals surface area contributed by atoms with E-state index in [0.717, 1.165) is 6.66 Å². The van der Waals surface area contributed by atoms with Crippen molar-refractivity contribution in [3.8, 4) is 0 Å². The molecule has 0 bridgehead atoms. The molecule has 2 atom stereocenters. The van der Waals surface area contributed by atoms with Gasteiger partial charge in [0.2, 0.25) is 6.79 Å². The molecule has 2 unspecified atom stereocenters. The molecule has 0 aromatic heterocycles. The van der Waals surface area contributed by atoms with E-state index in [2.05, 4.69) is 9.47 Å². The third kappa shape index (κ3) is 8.32. The molecule has 1 aromatic rings. The molecule has 2 N–H and O–H groups in total. The lowest BCUT2D eigenvalue weighted by Gasteiger charge is -2.25. The molecule has 0 aliphatic heterocycles. The number of carboxylic acids is 1. The van der Waals surface area contributed by atoms with Crippen molar-refractivity contribution in [1.29, 1.82) is 0 Å². The van der Waals surface area contributed by atoms with E-state index in [1.807, 2.05) is 0 Å². The number of ether oxygens (including phenoxy) is 3. The number of carbonyl (C=O) groups is 4. The maximum absolute atomic E-state index is 12.3. The summed E-state index contributed by atoms with van der Waals surface area (Å²) >= 11 is 0. The first-order valence-corrected chi connectivity index (χ1v) is 10.7. The summed E-state index contributed by atoms with van der Waals surface area (Å²) in [5, 5.41) is 9.35. The zero-order chi connectivity index (χ0) is 22.0. The smallest absolute Gasteiger partial charge is 0.423 e. The molecule has 1 aromatic carbocycles. The van der Waals surface area contributed by atoms with E-state index in [-0.39, 0.29) is 17.1 Å². The first-order valence-electron chi connectivity index (χ1n) is 8.43. The van der Waals surface area contributed by atoms with Crippen LogP contribution >= 0.6 is 7.37 Å². The van der Waals surface area contributed by atoms with Gasteiger partial charge in [-0.25, -0.2) is 19.2 Å². The highest BCUT2D eigenvalue weighted by Crippen LogP contribution is 2.36. The normalized spacial score (nSPS) is 13.5.